The Morgan fingerprint density at radius 3 is 2.94 bits per heavy atom. The number of hydrogen-bond acceptors (Lipinski definition) is 4. The minimum absolute atomic E-state index is 0.491. The maximum Gasteiger partial charge on any atom is 0.107 e. The molecule has 1 fully saturated rings. The molecule has 1 aliphatic rings. The summed E-state index contributed by atoms with van der Waals surface area (Å²) in [5, 5.41) is 4.73. The minimum Gasteiger partial charge on any atom is -0.378 e. The van der Waals surface area contributed by atoms with Crippen molar-refractivity contribution in [3.05, 3.63) is 16.1 Å². The number of rotatable bonds is 6. The summed E-state index contributed by atoms with van der Waals surface area (Å²) in [6.45, 7) is 5.98. The van der Waals surface area contributed by atoms with Crippen LogP contribution in [0.25, 0.3) is 0 Å². The van der Waals surface area contributed by atoms with Crippen molar-refractivity contribution in [2.24, 2.45) is 0 Å². The third kappa shape index (κ3) is 3.03. The van der Waals surface area contributed by atoms with E-state index < -0.39 is 0 Å². The van der Waals surface area contributed by atoms with E-state index in [1.54, 1.807) is 0 Å². The highest BCUT2D eigenvalue weighted by molar-refractivity contribution is 7.11. The maximum atomic E-state index is 5.53. The number of nitrogens with zero attached hydrogens (tertiary/aromatic N) is 1. The Labute approximate surface area is 101 Å². The van der Waals surface area contributed by atoms with Crippen LogP contribution in [-0.4, -0.2) is 23.7 Å². The Kier molecular flexibility index (Phi) is 4.32. The molecule has 2 rings (SSSR count). The van der Waals surface area contributed by atoms with E-state index >= 15 is 0 Å². The van der Waals surface area contributed by atoms with Crippen LogP contribution in [0.1, 0.15) is 36.6 Å². The molecule has 0 bridgehead atoms. The molecule has 90 valence electrons. The van der Waals surface area contributed by atoms with Crippen LogP contribution in [0.4, 0.5) is 0 Å². The van der Waals surface area contributed by atoms with Crippen molar-refractivity contribution in [3.63, 3.8) is 0 Å². The molecule has 1 heterocycles. The molecule has 1 N–H and O–H groups in total. The molecule has 0 amide bonds. The van der Waals surface area contributed by atoms with Crippen LogP contribution in [0.5, 0.6) is 0 Å². The van der Waals surface area contributed by atoms with Crippen molar-refractivity contribution >= 4 is 11.3 Å². The average molecular weight is 240 g/mol. The van der Waals surface area contributed by atoms with Gasteiger partial charge >= 0.3 is 0 Å². The zero-order valence-electron chi connectivity index (χ0n) is 10.0. The molecule has 0 saturated heterocycles. The molecule has 1 saturated carbocycles. The van der Waals surface area contributed by atoms with Crippen molar-refractivity contribution < 1.29 is 4.74 Å². The van der Waals surface area contributed by atoms with E-state index in [4.69, 9.17) is 4.74 Å². The normalized spacial score (nSPS) is 24.4. The molecule has 4 heteroatoms. The van der Waals surface area contributed by atoms with E-state index in [1.165, 1.54) is 9.88 Å². The highest BCUT2D eigenvalue weighted by Crippen LogP contribution is 2.24. The fraction of sp³-hybridized carbons (Fsp3) is 0.750. The molecule has 1 aliphatic carbocycles. The second kappa shape index (κ2) is 5.75. The fourth-order valence-electron chi connectivity index (χ4n) is 1.93. The van der Waals surface area contributed by atoms with Gasteiger partial charge in [0.2, 0.25) is 0 Å². The van der Waals surface area contributed by atoms with Gasteiger partial charge in [0.05, 0.1) is 6.10 Å². The van der Waals surface area contributed by atoms with Crippen molar-refractivity contribution in [3.8, 4) is 0 Å². The molecule has 0 spiro atoms. The number of thiazole rings is 1. The van der Waals surface area contributed by atoms with E-state index in [1.807, 2.05) is 17.5 Å². The largest absolute Gasteiger partial charge is 0.378 e. The second-order valence-corrected chi connectivity index (χ2v) is 5.40. The molecular formula is C12H20N2OS. The number of aromatic nitrogens is 1. The highest BCUT2D eigenvalue weighted by atomic mass is 32.1. The molecule has 3 nitrogen and oxygen atoms in total. The van der Waals surface area contributed by atoms with E-state index in [2.05, 4.69) is 24.1 Å². The summed E-state index contributed by atoms with van der Waals surface area (Å²) in [5.74, 6) is 0. The first-order valence-corrected chi connectivity index (χ1v) is 6.92. The van der Waals surface area contributed by atoms with E-state index in [-0.39, 0.29) is 0 Å². The van der Waals surface area contributed by atoms with Crippen LogP contribution in [-0.2, 0) is 17.7 Å². The second-order valence-electron chi connectivity index (χ2n) is 4.20. The number of hydrogen-bond donors (Lipinski definition) is 1. The van der Waals surface area contributed by atoms with Gasteiger partial charge in [-0.1, -0.05) is 6.92 Å². The topological polar surface area (TPSA) is 34.1 Å². The Hall–Kier alpha value is -0.450. The number of nitrogens with one attached hydrogen (secondary N) is 1. The monoisotopic (exact) mass is 240 g/mol. The minimum atomic E-state index is 0.491. The molecule has 1 aromatic heterocycles. The molecule has 0 aromatic carbocycles. The van der Waals surface area contributed by atoms with Gasteiger partial charge in [-0.25, -0.2) is 4.98 Å². The molecule has 1 aromatic rings. The van der Waals surface area contributed by atoms with Crippen molar-refractivity contribution in [2.45, 2.75) is 51.8 Å². The summed E-state index contributed by atoms with van der Waals surface area (Å²) in [6, 6.07) is 0.630. The summed E-state index contributed by atoms with van der Waals surface area (Å²) in [6.07, 6.45) is 5.88. The molecular weight excluding hydrogens is 220 g/mol. The van der Waals surface area contributed by atoms with E-state index in [9.17, 15) is 0 Å². The zero-order valence-corrected chi connectivity index (χ0v) is 10.8. The summed E-state index contributed by atoms with van der Waals surface area (Å²) in [7, 11) is 0. The van der Waals surface area contributed by atoms with Crippen LogP contribution in [0, 0.1) is 0 Å². The van der Waals surface area contributed by atoms with E-state index in [0.717, 1.165) is 32.4 Å². The van der Waals surface area contributed by atoms with Gasteiger partial charge in [-0.05, 0) is 26.2 Å². The van der Waals surface area contributed by atoms with Crippen LogP contribution in [0.2, 0.25) is 0 Å². The molecule has 16 heavy (non-hydrogen) atoms. The highest BCUT2D eigenvalue weighted by Gasteiger charge is 2.28. The molecule has 0 unspecified atom stereocenters. The first-order valence-electron chi connectivity index (χ1n) is 6.10. The first-order chi connectivity index (χ1) is 7.81. The smallest absolute Gasteiger partial charge is 0.107 e. The molecule has 0 radical (unpaired) electrons. The van der Waals surface area contributed by atoms with Gasteiger partial charge in [0.1, 0.15) is 5.01 Å². The summed E-state index contributed by atoms with van der Waals surface area (Å²) in [4.78, 5) is 5.77. The lowest BCUT2D eigenvalue weighted by molar-refractivity contribution is -0.0102. The summed E-state index contributed by atoms with van der Waals surface area (Å²) in [5.41, 5.74) is 0. The predicted molar refractivity (Wildman–Crippen MR) is 66.8 cm³/mol. The van der Waals surface area contributed by atoms with Crippen LogP contribution >= 0.6 is 11.3 Å². The van der Waals surface area contributed by atoms with Gasteiger partial charge in [0.15, 0.2) is 0 Å². The lowest BCUT2D eigenvalue weighted by Crippen LogP contribution is -2.45. The molecule has 0 aliphatic heterocycles. The Balaban J connectivity index is 1.65. The van der Waals surface area contributed by atoms with Crippen molar-refractivity contribution in [1.29, 1.82) is 0 Å². The van der Waals surface area contributed by atoms with E-state index in [0.29, 0.717) is 12.1 Å². The quantitative estimate of drug-likeness (QED) is 0.829. The van der Waals surface area contributed by atoms with Crippen molar-refractivity contribution in [1.82, 2.24) is 10.3 Å². The lowest BCUT2D eigenvalue weighted by Gasteiger charge is -2.35. The van der Waals surface area contributed by atoms with Gasteiger partial charge in [-0.2, -0.15) is 0 Å². The van der Waals surface area contributed by atoms with Crippen LogP contribution in [0.15, 0.2) is 6.20 Å². The van der Waals surface area contributed by atoms with Gasteiger partial charge in [-0.15, -0.1) is 11.3 Å². The number of aryl methyl sites for hydroxylation is 1. The number of ether oxygens (including phenoxy) is 1. The fourth-order valence-corrected chi connectivity index (χ4v) is 2.74. The van der Waals surface area contributed by atoms with Gasteiger partial charge in [-0.3, -0.25) is 0 Å². The Bertz CT molecular complexity index is 321. The SMILES string of the molecule is CCOC1CC(NCc2ncc(CC)s2)C1. The third-order valence-electron chi connectivity index (χ3n) is 2.99. The van der Waals surface area contributed by atoms with Crippen molar-refractivity contribution in [2.75, 3.05) is 6.61 Å². The molecule has 0 atom stereocenters. The average Bonchev–Trinajstić information content (AvgIpc) is 2.69. The Morgan fingerprint density at radius 1 is 1.50 bits per heavy atom. The summed E-state index contributed by atoms with van der Waals surface area (Å²) < 4.78 is 5.53. The zero-order chi connectivity index (χ0) is 11.4. The van der Waals surface area contributed by atoms with Gasteiger partial charge in [0.25, 0.3) is 0 Å². The third-order valence-corrected chi connectivity index (χ3v) is 4.13. The van der Waals surface area contributed by atoms with Crippen LogP contribution < -0.4 is 5.32 Å². The first kappa shape index (κ1) is 12.0. The predicted octanol–water partition coefficient (Wildman–Crippen LogP) is 2.36. The standard InChI is InChI=1S/C12H20N2OS/c1-3-11-7-14-12(16-11)8-13-9-5-10(6-9)15-4-2/h7,9-10,13H,3-6,8H2,1-2H3. The lowest BCUT2D eigenvalue weighted by atomic mass is 9.89. The van der Waals surface area contributed by atoms with Crippen LogP contribution in [0.3, 0.4) is 0 Å². The van der Waals surface area contributed by atoms with Gasteiger partial charge < -0.3 is 10.1 Å². The summed E-state index contributed by atoms with van der Waals surface area (Å²) >= 11 is 1.82. The maximum absolute atomic E-state index is 5.53. The van der Waals surface area contributed by atoms with Gasteiger partial charge in [0, 0.05) is 30.3 Å². The Morgan fingerprint density at radius 2 is 2.31 bits per heavy atom.